The number of hydrogen-bond donors (Lipinski definition) is 2. The Kier molecular flexibility index (Phi) is 6.26. The van der Waals surface area contributed by atoms with Crippen LogP contribution in [0.1, 0.15) is 4.88 Å². The van der Waals surface area contributed by atoms with Crippen molar-refractivity contribution in [3.05, 3.63) is 46.3 Å². The second-order valence-corrected chi connectivity index (χ2v) is 6.23. The Bertz CT molecular complexity index is 830. The van der Waals surface area contributed by atoms with Crippen molar-refractivity contribution in [2.75, 3.05) is 12.4 Å². The molecule has 0 saturated carbocycles. The molecule has 2 aromatic rings. The number of hydrogen-bond acceptors (Lipinski definition) is 6. The van der Waals surface area contributed by atoms with Crippen LogP contribution in [0.2, 0.25) is 5.02 Å². The number of thiazole rings is 1. The molecule has 0 unspecified atom stereocenters. The summed E-state index contributed by atoms with van der Waals surface area (Å²) < 4.78 is 4.67. The summed E-state index contributed by atoms with van der Waals surface area (Å²) in [5.41, 5.74) is 1.24. The molecular weight excluding hydrogens is 368 g/mol. The number of ether oxygens (including phenoxy) is 1. The SMILES string of the molecule is COC(=O)Cc1sc(NC(=O)C=CC(=O)O)nc1-c1ccc(Cl)cc1. The Balaban J connectivity index is 2.31. The second-order valence-electron chi connectivity index (χ2n) is 4.71. The highest BCUT2D eigenvalue weighted by Crippen LogP contribution is 2.32. The minimum atomic E-state index is -1.23. The van der Waals surface area contributed by atoms with Gasteiger partial charge in [0, 0.05) is 27.6 Å². The highest BCUT2D eigenvalue weighted by molar-refractivity contribution is 7.16. The molecule has 0 aliphatic heterocycles. The first-order chi connectivity index (χ1) is 11.9. The van der Waals surface area contributed by atoms with E-state index < -0.39 is 17.8 Å². The molecule has 130 valence electrons. The summed E-state index contributed by atoms with van der Waals surface area (Å²) in [5, 5.41) is 11.8. The van der Waals surface area contributed by atoms with Crippen LogP contribution in [0, 0.1) is 0 Å². The fourth-order valence-corrected chi connectivity index (χ4v) is 2.95. The van der Waals surface area contributed by atoms with E-state index in [-0.39, 0.29) is 11.6 Å². The molecule has 0 aliphatic carbocycles. The van der Waals surface area contributed by atoms with Gasteiger partial charge in [-0.05, 0) is 12.1 Å². The Morgan fingerprint density at radius 3 is 2.56 bits per heavy atom. The average Bonchev–Trinajstić information content (AvgIpc) is 2.95. The van der Waals surface area contributed by atoms with Crippen LogP contribution in [0.3, 0.4) is 0 Å². The topological polar surface area (TPSA) is 106 Å². The lowest BCUT2D eigenvalue weighted by Gasteiger charge is -2.01. The van der Waals surface area contributed by atoms with Gasteiger partial charge in [0.05, 0.1) is 19.2 Å². The van der Waals surface area contributed by atoms with Crippen molar-refractivity contribution in [2.24, 2.45) is 0 Å². The van der Waals surface area contributed by atoms with Crippen LogP contribution in [0.5, 0.6) is 0 Å². The van der Waals surface area contributed by atoms with Crippen molar-refractivity contribution in [3.63, 3.8) is 0 Å². The van der Waals surface area contributed by atoms with Gasteiger partial charge in [0.2, 0.25) is 5.91 Å². The molecule has 9 heteroatoms. The number of aliphatic carboxylic acids is 1. The zero-order chi connectivity index (χ0) is 18.4. The molecule has 0 radical (unpaired) electrons. The summed E-state index contributed by atoms with van der Waals surface area (Å²) >= 11 is 6.98. The minimum Gasteiger partial charge on any atom is -0.478 e. The van der Waals surface area contributed by atoms with Crippen molar-refractivity contribution < 1.29 is 24.2 Å². The van der Waals surface area contributed by atoms with E-state index in [4.69, 9.17) is 16.7 Å². The van der Waals surface area contributed by atoms with Gasteiger partial charge in [-0.15, -0.1) is 11.3 Å². The van der Waals surface area contributed by atoms with Crippen LogP contribution in [-0.2, 0) is 25.5 Å². The number of carbonyl (C=O) groups excluding carboxylic acids is 2. The number of halogens is 1. The Hall–Kier alpha value is -2.71. The zero-order valence-corrected chi connectivity index (χ0v) is 14.6. The van der Waals surface area contributed by atoms with Crippen molar-refractivity contribution in [1.82, 2.24) is 4.98 Å². The summed E-state index contributed by atoms with van der Waals surface area (Å²) in [4.78, 5) is 38.7. The molecule has 7 nitrogen and oxygen atoms in total. The van der Waals surface area contributed by atoms with Gasteiger partial charge in [0.25, 0.3) is 0 Å². The highest BCUT2D eigenvalue weighted by Gasteiger charge is 2.17. The van der Waals surface area contributed by atoms with Crippen LogP contribution in [0.15, 0.2) is 36.4 Å². The van der Waals surface area contributed by atoms with E-state index in [1.807, 2.05) is 0 Å². The van der Waals surface area contributed by atoms with Crippen LogP contribution in [0.25, 0.3) is 11.3 Å². The monoisotopic (exact) mass is 380 g/mol. The number of carboxylic acid groups (broad SMARTS) is 1. The van der Waals surface area contributed by atoms with Crippen molar-refractivity contribution >= 4 is 45.9 Å². The normalized spacial score (nSPS) is 10.6. The highest BCUT2D eigenvalue weighted by atomic mass is 35.5. The molecule has 1 aromatic carbocycles. The first-order valence-electron chi connectivity index (χ1n) is 6.93. The number of carboxylic acids is 1. The smallest absolute Gasteiger partial charge is 0.328 e. The fourth-order valence-electron chi connectivity index (χ4n) is 1.86. The van der Waals surface area contributed by atoms with Crippen molar-refractivity contribution in [3.8, 4) is 11.3 Å². The number of rotatable bonds is 6. The molecule has 25 heavy (non-hydrogen) atoms. The molecule has 1 heterocycles. The summed E-state index contributed by atoms with van der Waals surface area (Å²) in [6.07, 6.45) is 1.59. The van der Waals surface area contributed by atoms with E-state index in [0.29, 0.717) is 15.6 Å². The van der Waals surface area contributed by atoms with Gasteiger partial charge in [-0.2, -0.15) is 0 Å². The lowest BCUT2D eigenvalue weighted by Crippen LogP contribution is -2.08. The molecule has 1 amide bonds. The standard InChI is InChI=1S/C16H13ClN2O5S/c1-24-14(23)8-11-15(9-2-4-10(17)5-3-9)19-16(25-11)18-12(20)6-7-13(21)22/h2-7H,8H2,1H3,(H,21,22)(H,18,19,20). The number of nitrogens with one attached hydrogen (secondary N) is 1. The summed E-state index contributed by atoms with van der Waals surface area (Å²) in [5.74, 6) is -2.31. The maximum atomic E-state index is 11.7. The minimum absolute atomic E-state index is 0.00698. The Labute approximate surface area is 151 Å². The van der Waals surface area contributed by atoms with Gasteiger partial charge in [0.15, 0.2) is 5.13 Å². The van der Waals surface area contributed by atoms with Crippen molar-refractivity contribution in [2.45, 2.75) is 6.42 Å². The summed E-state index contributed by atoms with van der Waals surface area (Å²) in [6, 6.07) is 6.86. The number of benzene rings is 1. The van der Waals surface area contributed by atoms with Crippen LogP contribution >= 0.6 is 22.9 Å². The molecule has 0 fully saturated rings. The van der Waals surface area contributed by atoms with E-state index in [1.165, 1.54) is 7.11 Å². The third kappa shape index (κ3) is 5.40. The van der Waals surface area contributed by atoms with Gasteiger partial charge >= 0.3 is 11.9 Å². The lowest BCUT2D eigenvalue weighted by atomic mass is 10.1. The molecule has 0 spiro atoms. The third-order valence-corrected chi connectivity index (χ3v) is 4.18. The van der Waals surface area contributed by atoms with E-state index in [2.05, 4.69) is 15.0 Å². The number of methoxy groups -OCH3 is 1. The van der Waals surface area contributed by atoms with Crippen molar-refractivity contribution in [1.29, 1.82) is 0 Å². The largest absolute Gasteiger partial charge is 0.478 e. The number of amides is 1. The van der Waals surface area contributed by atoms with Gasteiger partial charge in [-0.1, -0.05) is 23.7 Å². The van der Waals surface area contributed by atoms with Gasteiger partial charge in [-0.3, -0.25) is 14.9 Å². The summed E-state index contributed by atoms with van der Waals surface area (Å²) in [6.45, 7) is 0. The molecule has 0 saturated heterocycles. The molecule has 2 rings (SSSR count). The van der Waals surface area contributed by atoms with Gasteiger partial charge in [-0.25, -0.2) is 9.78 Å². The molecule has 2 N–H and O–H groups in total. The predicted octanol–water partition coefficient (Wildman–Crippen LogP) is 2.76. The first-order valence-corrected chi connectivity index (χ1v) is 8.13. The van der Waals surface area contributed by atoms with E-state index >= 15 is 0 Å². The number of esters is 1. The predicted molar refractivity (Wildman–Crippen MR) is 93.7 cm³/mol. The van der Waals surface area contributed by atoms with E-state index in [9.17, 15) is 14.4 Å². The lowest BCUT2D eigenvalue weighted by molar-refractivity contribution is -0.139. The molecular formula is C16H13ClN2O5S. The number of carbonyl (C=O) groups is 3. The maximum absolute atomic E-state index is 11.7. The third-order valence-electron chi connectivity index (χ3n) is 2.95. The summed E-state index contributed by atoms with van der Waals surface area (Å²) in [7, 11) is 1.28. The molecule has 0 atom stereocenters. The zero-order valence-electron chi connectivity index (χ0n) is 13.0. The molecule has 1 aromatic heterocycles. The number of nitrogens with zero attached hydrogens (tertiary/aromatic N) is 1. The van der Waals surface area contributed by atoms with Gasteiger partial charge in [0.1, 0.15) is 0 Å². The Morgan fingerprint density at radius 2 is 1.96 bits per heavy atom. The van der Waals surface area contributed by atoms with Crippen LogP contribution in [0.4, 0.5) is 5.13 Å². The average molecular weight is 381 g/mol. The number of aromatic nitrogens is 1. The van der Waals surface area contributed by atoms with E-state index in [1.54, 1.807) is 24.3 Å². The first kappa shape index (κ1) is 18.6. The second kappa shape index (κ2) is 8.41. The maximum Gasteiger partial charge on any atom is 0.328 e. The van der Waals surface area contributed by atoms with Crippen LogP contribution in [-0.4, -0.2) is 35.0 Å². The quantitative estimate of drug-likeness (QED) is 0.589. The fraction of sp³-hybridized carbons (Fsp3) is 0.125. The van der Waals surface area contributed by atoms with E-state index in [0.717, 1.165) is 29.1 Å². The Morgan fingerprint density at radius 1 is 1.28 bits per heavy atom. The van der Waals surface area contributed by atoms with Crippen LogP contribution < -0.4 is 5.32 Å². The number of anilines is 1. The molecule has 0 bridgehead atoms. The molecule has 0 aliphatic rings. The van der Waals surface area contributed by atoms with Gasteiger partial charge < -0.3 is 9.84 Å².